The normalized spacial score (nSPS) is 38.9. The number of ether oxygens (including phenoxy) is 6. The third-order valence-electron chi connectivity index (χ3n) is 11.4. The monoisotopic (exact) mass is 714 g/mol. The van der Waals surface area contributed by atoms with Gasteiger partial charge in [0.15, 0.2) is 17.8 Å². The highest BCUT2D eigenvalue weighted by Gasteiger charge is 2.84. The Morgan fingerprint density at radius 3 is 1.75 bits per heavy atom. The number of esters is 6. The lowest BCUT2D eigenvalue weighted by atomic mass is 9.53. The average Bonchev–Trinajstić information content (AvgIpc) is 3.36. The van der Waals surface area contributed by atoms with Crippen molar-refractivity contribution in [3.05, 3.63) is 35.9 Å². The predicted molar refractivity (Wildman–Crippen MR) is 173 cm³/mol. The summed E-state index contributed by atoms with van der Waals surface area (Å²) >= 11 is 0. The maximum Gasteiger partial charge on any atom is 0.338 e. The third-order valence-corrected chi connectivity index (χ3v) is 11.4. The van der Waals surface area contributed by atoms with Gasteiger partial charge in [-0.2, -0.15) is 0 Å². The predicted octanol–water partition coefficient (Wildman–Crippen LogP) is 2.89. The number of carbonyl (C=O) groups is 7. The van der Waals surface area contributed by atoms with Crippen molar-refractivity contribution >= 4 is 41.6 Å². The van der Waals surface area contributed by atoms with Crippen LogP contribution in [0, 0.1) is 34.5 Å². The third kappa shape index (κ3) is 5.98. The van der Waals surface area contributed by atoms with Crippen LogP contribution in [-0.2, 0) is 57.2 Å². The van der Waals surface area contributed by atoms with Crippen molar-refractivity contribution in [2.24, 2.45) is 34.5 Å². The van der Waals surface area contributed by atoms with Gasteiger partial charge >= 0.3 is 35.8 Å². The molecular weight excluding hydrogens is 668 g/mol. The van der Waals surface area contributed by atoms with Gasteiger partial charge in [0.05, 0.1) is 22.3 Å². The zero-order chi connectivity index (χ0) is 38.0. The Bertz CT molecular complexity index is 1640. The summed E-state index contributed by atoms with van der Waals surface area (Å²) in [6.07, 6.45) is -8.24. The fourth-order valence-electron chi connectivity index (χ4n) is 10.0. The summed E-state index contributed by atoms with van der Waals surface area (Å²) in [5.41, 5.74) is -7.57. The molecule has 0 amide bonds. The molecule has 1 aromatic rings. The molecule has 0 aromatic heterocycles. The summed E-state index contributed by atoms with van der Waals surface area (Å²) in [6.45, 7) is 11.9. The average molecular weight is 715 g/mol. The Morgan fingerprint density at radius 2 is 1.22 bits per heavy atom. The lowest BCUT2D eigenvalue weighted by molar-refractivity contribution is -0.276. The molecule has 0 spiro atoms. The SMILES string of the molecule is CC(=O)O[C@@H]1[C@H]2[C@@H](OC(=O)c3ccccc3)[C@@H](C)C[C@]2(O)[C@H](OC(C)=O)[C@@]2(C)[C@@H]3[C@@H](C[C@@]1(OC(C)=O)[C@H]2OC(C)=O)C(=O)C(C)(C)[C@H]3OC(C)=O. The van der Waals surface area contributed by atoms with Crippen molar-refractivity contribution in [2.45, 2.75) is 117 Å². The molecule has 2 bridgehead atoms. The number of hydrogen-bond donors (Lipinski definition) is 1. The Labute approximate surface area is 295 Å². The lowest BCUT2D eigenvalue weighted by Crippen LogP contribution is -2.71. The van der Waals surface area contributed by atoms with Gasteiger partial charge in [-0.3, -0.25) is 28.8 Å². The van der Waals surface area contributed by atoms with Gasteiger partial charge in [-0.1, -0.05) is 32.0 Å². The van der Waals surface area contributed by atoms with Crippen molar-refractivity contribution in [2.75, 3.05) is 0 Å². The molecule has 51 heavy (non-hydrogen) atoms. The van der Waals surface area contributed by atoms with Crippen LogP contribution in [0.1, 0.15) is 85.5 Å². The van der Waals surface area contributed by atoms with Crippen molar-refractivity contribution in [3.63, 3.8) is 0 Å². The molecule has 0 heterocycles. The van der Waals surface area contributed by atoms with Gasteiger partial charge in [0.2, 0.25) is 0 Å². The van der Waals surface area contributed by atoms with Gasteiger partial charge in [0.25, 0.3) is 0 Å². The molecule has 4 aliphatic carbocycles. The summed E-state index contributed by atoms with van der Waals surface area (Å²) < 4.78 is 36.4. The number of benzene rings is 1. The number of fused-ring (bicyclic) bond motifs is 5. The van der Waals surface area contributed by atoms with Crippen LogP contribution in [0.25, 0.3) is 0 Å². The van der Waals surface area contributed by atoms with E-state index in [1.165, 1.54) is 26.0 Å². The van der Waals surface area contributed by atoms with Gasteiger partial charge in [0, 0.05) is 52.9 Å². The summed E-state index contributed by atoms with van der Waals surface area (Å²) in [6, 6.07) is 8.04. The van der Waals surface area contributed by atoms with Crippen LogP contribution in [0.3, 0.4) is 0 Å². The lowest BCUT2D eigenvalue weighted by Gasteiger charge is -2.58. The van der Waals surface area contributed by atoms with Crippen LogP contribution < -0.4 is 0 Å². The second-order valence-electron chi connectivity index (χ2n) is 15.3. The Morgan fingerprint density at radius 1 is 0.686 bits per heavy atom. The number of aliphatic hydroxyl groups is 1. The van der Waals surface area contributed by atoms with E-state index in [2.05, 4.69) is 0 Å². The molecule has 4 aliphatic rings. The highest BCUT2D eigenvalue weighted by molar-refractivity contribution is 5.91. The Hall–Kier alpha value is -4.33. The fraction of sp³-hybridized carbons (Fsp3) is 0.649. The van der Waals surface area contributed by atoms with Crippen LogP contribution >= 0.6 is 0 Å². The first-order valence-electron chi connectivity index (χ1n) is 17.0. The second-order valence-corrected chi connectivity index (χ2v) is 15.3. The van der Waals surface area contributed by atoms with Gasteiger partial charge in [-0.05, 0) is 38.3 Å². The van der Waals surface area contributed by atoms with E-state index in [1.54, 1.807) is 39.0 Å². The van der Waals surface area contributed by atoms with E-state index < -0.39 is 124 Å². The van der Waals surface area contributed by atoms with Crippen molar-refractivity contribution < 1.29 is 67.1 Å². The molecule has 278 valence electrons. The molecule has 12 atom stereocenters. The Kier molecular flexibility index (Phi) is 9.68. The molecule has 5 rings (SSSR count). The second kappa shape index (κ2) is 13.0. The van der Waals surface area contributed by atoms with E-state index in [1.807, 2.05) is 0 Å². The number of rotatable bonds is 7. The molecule has 0 radical (unpaired) electrons. The smallest absolute Gasteiger partial charge is 0.338 e. The zero-order valence-corrected chi connectivity index (χ0v) is 30.3. The molecule has 0 saturated heterocycles. The molecule has 1 N–H and O–H groups in total. The largest absolute Gasteiger partial charge is 0.461 e. The van der Waals surface area contributed by atoms with Crippen molar-refractivity contribution in [1.82, 2.24) is 0 Å². The van der Waals surface area contributed by atoms with E-state index >= 15 is 0 Å². The topological polar surface area (TPSA) is 195 Å². The minimum atomic E-state index is -2.26. The number of ketones is 1. The van der Waals surface area contributed by atoms with Gasteiger partial charge in [-0.15, -0.1) is 0 Å². The van der Waals surface area contributed by atoms with Crippen LogP contribution in [0.5, 0.6) is 0 Å². The highest BCUT2D eigenvalue weighted by atomic mass is 16.6. The van der Waals surface area contributed by atoms with E-state index in [-0.39, 0.29) is 12.0 Å². The summed E-state index contributed by atoms with van der Waals surface area (Å²) in [4.78, 5) is 93.4. The summed E-state index contributed by atoms with van der Waals surface area (Å²) in [5, 5.41) is 13.3. The first-order chi connectivity index (χ1) is 23.6. The van der Waals surface area contributed by atoms with E-state index in [9.17, 15) is 38.7 Å². The number of hydrogen-bond acceptors (Lipinski definition) is 14. The van der Waals surface area contributed by atoms with E-state index in [0.29, 0.717) is 0 Å². The maximum absolute atomic E-state index is 14.5. The van der Waals surface area contributed by atoms with Crippen LogP contribution in [0.2, 0.25) is 0 Å². The number of carbonyl (C=O) groups excluding carboxylic acids is 7. The minimum Gasteiger partial charge on any atom is -0.461 e. The molecule has 4 fully saturated rings. The van der Waals surface area contributed by atoms with Gasteiger partial charge < -0.3 is 33.5 Å². The van der Waals surface area contributed by atoms with Crippen LogP contribution in [0.4, 0.5) is 0 Å². The van der Waals surface area contributed by atoms with Gasteiger partial charge in [0.1, 0.15) is 29.7 Å². The standard InChI is InChI=1S/C37H46O14/c1-17-15-36(45)26(27(17)50-31(44)23-13-11-10-12-14-23)30(47-19(3)39)37(51-22(6)42)16-24-25(29(46-18(2)38)34(7,8)28(24)43)35(9,32(36)48-20(4)40)33(37)49-21(5)41/h10-14,17,24-27,29-30,32-33,45H,15-16H2,1-9H3/t17-,24+,25+,26+,27-,29-,30+,32+,33-,35+,36+,37-/m0/s1. The van der Waals surface area contributed by atoms with Crippen LogP contribution in [0.15, 0.2) is 30.3 Å². The summed E-state index contributed by atoms with van der Waals surface area (Å²) in [5.74, 6) is -9.88. The molecular formula is C37H46O14. The zero-order valence-electron chi connectivity index (χ0n) is 30.3. The van der Waals surface area contributed by atoms with Crippen molar-refractivity contribution in [1.29, 1.82) is 0 Å². The first kappa shape index (κ1) is 37.9. The van der Waals surface area contributed by atoms with Gasteiger partial charge in [-0.25, -0.2) is 4.79 Å². The quantitative estimate of drug-likeness (QED) is 0.320. The van der Waals surface area contributed by atoms with Crippen molar-refractivity contribution in [3.8, 4) is 0 Å². The highest BCUT2D eigenvalue weighted by Crippen LogP contribution is 2.69. The molecule has 14 nitrogen and oxygen atoms in total. The number of Topliss-reactive ketones (excluding diaryl/α,β-unsaturated/α-hetero) is 1. The van der Waals surface area contributed by atoms with E-state index in [0.717, 1.165) is 27.7 Å². The molecule has 0 aliphatic heterocycles. The van der Waals surface area contributed by atoms with Crippen LogP contribution in [-0.4, -0.2) is 88.4 Å². The molecule has 14 heteroatoms. The molecule has 4 saturated carbocycles. The first-order valence-corrected chi connectivity index (χ1v) is 17.0. The fourth-order valence-corrected chi connectivity index (χ4v) is 10.0. The van der Waals surface area contributed by atoms with E-state index in [4.69, 9.17) is 28.4 Å². The Balaban J connectivity index is 1.90. The molecule has 0 unspecified atom stereocenters. The minimum absolute atomic E-state index is 0.180. The maximum atomic E-state index is 14.5. The molecule has 1 aromatic carbocycles. The summed E-state index contributed by atoms with van der Waals surface area (Å²) in [7, 11) is 0.